The second kappa shape index (κ2) is 7.64. The fourth-order valence-electron chi connectivity index (χ4n) is 1.89. The largest absolute Gasteiger partial charge is 0.504 e. The van der Waals surface area contributed by atoms with Gasteiger partial charge in [0.2, 0.25) is 0 Å². The second-order valence-corrected chi connectivity index (χ2v) is 5.36. The van der Waals surface area contributed by atoms with E-state index in [1.54, 1.807) is 36.4 Å². The molecule has 0 bridgehead atoms. The molecule has 0 heterocycles. The summed E-state index contributed by atoms with van der Waals surface area (Å²) in [7, 11) is 2.94. The summed E-state index contributed by atoms with van der Waals surface area (Å²) >= 11 is 3.30. The summed E-state index contributed by atoms with van der Waals surface area (Å²) in [6.07, 6.45) is 1.33. The van der Waals surface area contributed by atoms with E-state index in [2.05, 4.69) is 26.5 Å². The molecule has 2 aromatic carbocycles. The highest BCUT2D eigenvalue weighted by Crippen LogP contribution is 2.28. The number of rotatable bonds is 5. The number of nitrogens with one attached hydrogen (secondary N) is 1. The van der Waals surface area contributed by atoms with Crippen LogP contribution in [0.1, 0.15) is 15.9 Å². The van der Waals surface area contributed by atoms with Gasteiger partial charge in [-0.05, 0) is 30.3 Å². The minimum atomic E-state index is -0.429. The predicted molar refractivity (Wildman–Crippen MR) is 90.4 cm³/mol. The molecular formula is C16H15BrN2O4. The average molecular weight is 379 g/mol. The molecule has 0 atom stereocenters. The van der Waals surface area contributed by atoms with Crippen LogP contribution in [0.25, 0.3) is 0 Å². The molecule has 0 aliphatic heterocycles. The van der Waals surface area contributed by atoms with Crippen molar-refractivity contribution in [2.45, 2.75) is 0 Å². The molecule has 2 aromatic rings. The zero-order chi connectivity index (χ0) is 16.8. The molecule has 0 aliphatic carbocycles. The van der Waals surface area contributed by atoms with Crippen LogP contribution in [0.2, 0.25) is 0 Å². The maximum absolute atomic E-state index is 12.2. The SMILES string of the molecule is COc1ccc(Br)cc1C(=O)N/N=C/c1cccc(OC)c1O. The normalized spacial score (nSPS) is 10.6. The zero-order valence-corrected chi connectivity index (χ0v) is 14.1. The number of phenols is 1. The summed E-state index contributed by atoms with van der Waals surface area (Å²) < 4.78 is 10.9. The zero-order valence-electron chi connectivity index (χ0n) is 12.5. The van der Waals surface area contributed by atoms with Gasteiger partial charge in [-0.1, -0.05) is 22.0 Å². The van der Waals surface area contributed by atoms with Gasteiger partial charge < -0.3 is 14.6 Å². The Morgan fingerprint density at radius 1 is 1.22 bits per heavy atom. The number of carbonyl (C=O) groups is 1. The Morgan fingerprint density at radius 2 is 1.96 bits per heavy atom. The van der Waals surface area contributed by atoms with Gasteiger partial charge in [0.15, 0.2) is 11.5 Å². The number of halogens is 1. The highest BCUT2D eigenvalue weighted by molar-refractivity contribution is 9.10. The highest BCUT2D eigenvalue weighted by atomic mass is 79.9. The van der Waals surface area contributed by atoms with Gasteiger partial charge in [0.25, 0.3) is 5.91 Å². The third-order valence-electron chi connectivity index (χ3n) is 3.03. The lowest BCUT2D eigenvalue weighted by Crippen LogP contribution is -2.18. The van der Waals surface area contributed by atoms with Crippen molar-refractivity contribution in [2.75, 3.05) is 14.2 Å². The first-order valence-corrected chi connectivity index (χ1v) is 7.39. The van der Waals surface area contributed by atoms with Crippen molar-refractivity contribution in [2.24, 2.45) is 5.10 Å². The van der Waals surface area contributed by atoms with Crippen molar-refractivity contribution < 1.29 is 19.4 Å². The van der Waals surface area contributed by atoms with Crippen molar-refractivity contribution >= 4 is 28.1 Å². The summed E-state index contributed by atoms with van der Waals surface area (Å²) in [5, 5.41) is 13.8. The molecule has 0 fully saturated rings. The van der Waals surface area contributed by atoms with Crippen molar-refractivity contribution in [3.8, 4) is 17.2 Å². The van der Waals surface area contributed by atoms with Crippen molar-refractivity contribution in [1.82, 2.24) is 5.43 Å². The highest BCUT2D eigenvalue weighted by Gasteiger charge is 2.12. The van der Waals surface area contributed by atoms with E-state index in [1.165, 1.54) is 20.4 Å². The fraction of sp³-hybridized carbons (Fsp3) is 0.125. The molecule has 23 heavy (non-hydrogen) atoms. The van der Waals surface area contributed by atoms with Gasteiger partial charge >= 0.3 is 0 Å². The van der Waals surface area contributed by atoms with Crippen LogP contribution in [0.5, 0.6) is 17.2 Å². The molecule has 0 saturated heterocycles. The molecule has 0 spiro atoms. The molecule has 2 N–H and O–H groups in total. The number of amides is 1. The smallest absolute Gasteiger partial charge is 0.275 e. The number of benzene rings is 2. The number of phenolic OH excluding ortho intramolecular Hbond substituents is 1. The summed E-state index contributed by atoms with van der Waals surface area (Å²) in [5.41, 5.74) is 3.16. The maximum Gasteiger partial charge on any atom is 0.275 e. The topological polar surface area (TPSA) is 80.2 Å². The van der Waals surface area contributed by atoms with E-state index in [-0.39, 0.29) is 5.75 Å². The lowest BCUT2D eigenvalue weighted by atomic mass is 10.2. The molecule has 1 amide bonds. The Bertz CT molecular complexity index is 747. The third-order valence-corrected chi connectivity index (χ3v) is 3.52. The van der Waals surface area contributed by atoms with Crippen LogP contribution >= 0.6 is 15.9 Å². The van der Waals surface area contributed by atoms with Gasteiger partial charge in [-0.15, -0.1) is 0 Å². The predicted octanol–water partition coefficient (Wildman–Crippen LogP) is 2.94. The van der Waals surface area contributed by atoms with Crippen LogP contribution in [0.3, 0.4) is 0 Å². The van der Waals surface area contributed by atoms with Crippen LogP contribution in [0.15, 0.2) is 46.0 Å². The molecule has 2 rings (SSSR count). The molecule has 0 radical (unpaired) electrons. The number of hydrogen-bond acceptors (Lipinski definition) is 5. The third kappa shape index (κ3) is 4.01. The molecule has 0 saturated carbocycles. The first-order valence-electron chi connectivity index (χ1n) is 6.59. The molecule has 6 nitrogen and oxygen atoms in total. The fourth-order valence-corrected chi connectivity index (χ4v) is 2.25. The lowest BCUT2D eigenvalue weighted by molar-refractivity contribution is 0.0952. The van der Waals surface area contributed by atoms with E-state index >= 15 is 0 Å². The van der Waals surface area contributed by atoms with Gasteiger partial charge in [-0.2, -0.15) is 5.10 Å². The molecular weight excluding hydrogens is 364 g/mol. The van der Waals surface area contributed by atoms with Gasteiger partial charge in [0.05, 0.1) is 26.0 Å². The van der Waals surface area contributed by atoms with Crippen LogP contribution in [0, 0.1) is 0 Å². The number of nitrogens with zero attached hydrogens (tertiary/aromatic N) is 1. The average Bonchev–Trinajstić information content (AvgIpc) is 2.56. The Kier molecular flexibility index (Phi) is 5.59. The monoisotopic (exact) mass is 378 g/mol. The van der Waals surface area contributed by atoms with E-state index in [0.717, 1.165) is 4.47 Å². The number of aromatic hydroxyl groups is 1. The number of hydrogen-bond donors (Lipinski definition) is 2. The molecule has 0 unspecified atom stereocenters. The van der Waals surface area contributed by atoms with Crippen LogP contribution in [-0.2, 0) is 0 Å². The molecule has 0 aliphatic rings. The molecule has 0 aromatic heterocycles. The van der Waals surface area contributed by atoms with Gasteiger partial charge in [-0.3, -0.25) is 4.79 Å². The van der Waals surface area contributed by atoms with E-state index in [4.69, 9.17) is 9.47 Å². The summed E-state index contributed by atoms with van der Waals surface area (Å²) in [5.74, 6) is 0.286. The minimum absolute atomic E-state index is 0.0481. The number of para-hydroxylation sites is 1. The van der Waals surface area contributed by atoms with Crippen molar-refractivity contribution in [3.05, 3.63) is 52.0 Å². The second-order valence-electron chi connectivity index (χ2n) is 4.44. The Labute approximate surface area is 141 Å². The molecule has 7 heteroatoms. The van der Waals surface area contributed by atoms with Gasteiger partial charge in [0.1, 0.15) is 5.75 Å². The van der Waals surface area contributed by atoms with E-state index in [9.17, 15) is 9.90 Å². The number of methoxy groups -OCH3 is 2. The number of ether oxygens (including phenoxy) is 2. The van der Waals surface area contributed by atoms with Crippen LogP contribution in [-0.4, -0.2) is 31.4 Å². The first-order chi connectivity index (χ1) is 11.1. The van der Waals surface area contributed by atoms with Crippen molar-refractivity contribution in [3.63, 3.8) is 0 Å². The summed E-state index contributed by atoms with van der Waals surface area (Å²) in [6.45, 7) is 0. The first kappa shape index (κ1) is 16.8. The maximum atomic E-state index is 12.2. The quantitative estimate of drug-likeness (QED) is 0.619. The van der Waals surface area contributed by atoms with Crippen LogP contribution in [0.4, 0.5) is 0 Å². The Balaban J connectivity index is 2.15. The van der Waals surface area contributed by atoms with E-state index in [1.807, 2.05) is 0 Å². The minimum Gasteiger partial charge on any atom is -0.504 e. The Hall–Kier alpha value is -2.54. The standard InChI is InChI=1S/C16H15BrN2O4/c1-22-13-7-6-11(17)8-12(13)16(21)19-18-9-10-4-3-5-14(23-2)15(10)20/h3-9,20H,1-2H3,(H,19,21)/b18-9+. The summed E-state index contributed by atoms with van der Waals surface area (Å²) in [6, 6.07) is 10.1. The molecule has 120 valence electrons. The van der Waals surface area contributed by atoms with Crippen LogP contribution < -0.4 is 14.9 Å². The summed E-state index contributed by atoms with van der Waals surface area (Å²) in [4.78, 5) is 12.2. The van der Waals surface area contributed by atoms with E-state index in [0.29, 0.717) is 22.6 Å². The van der Waals surface area contributed by atoms with Gasteiger partial charge in [-0.25, -0.2) is 5.43 Å². The lowest BCUT2D eigenvalue weighted by Gasteiger charge is -2.07. The van der Waals surface area contributed by atoms with E-state index < -0.39 is 5.91 Å². The Morgan fingerprint density at radius 3 is 2.65 bits per heavy atom. The van der Waals surface area contributed by atoms with Gasteiger partial charge in [0, 0.05) is 10.0 Å². The number of carbonyl (C=O) groups excluding carboxylic acids is 1. The van der Waals surface area contributed by atoms with Crippen molar-refractivity contribution in [1.29, 1.82) is 0 Å². The number of hydrazone groups is 1.